The van der Waals surface area contributed by atoms with Crippen molar-refractivity contribution < 1.29 is 13.9 Å². The maximum Gasteiger partial charge on any atom is 0.407 e. The summed E-state index contributed by atoms with van der Waals surface area (Å²) in [5, 5.41) is 3.05. The lowest BCUT2D eigenvalue weighted by molar-refractivity contribution is 0.129. The van der Waals surface area contributed by atoms with Crippen LogP contribution in [0.15, 0.2) is 60.9 Å². The minimum Gasteiger partial charge on any atom is -0.450 e. The van der Waals surface area contributed by atoms with E-state index >= 15 is 0 Å². The van der Waals surface area contributed by atoms with Crippen molar-refractivity contribution in [3.05, 3.63) is 83.7 Å². The third-order valence-corrected chi connectivity index (χ3v) is 7.20. The summed E-state index contributed by atoms with van der Waals surface area (Å²) >= 11 is 0. The highest BCUT2D eigenvalue weighted by molar-refractivity contribution is 5.67. The van der Waals surface area contributed by atoms with Crippen molar-refractivity contribution in [3.63, 3.8) is 0 Å². The molecule has 4 atom stereocenters. The number of benzene rings is 1. The topological polar surface area (TPSA) is 67.0 Å². The molecule has 6 heteroatoms. The molecule has 2 aliphatic carbocycles. The number of H-pyrrole nitrogens is 1. The highest BCUT2D eigenvalue weighted by Gasteiger charge is 2.40. The van der Waals surface area contributed by atoms with Crippen molar-refractivity contribution in [1.29, 1.82) is 0 Å². The molecule has 1 aromatic carbocycles. The molecule has 3 aromatic rings. The van der Waals surface area contributed by atoms with Crippen LogP contribution in [0.2, 0.25) is 0 Å². The minimum absolute atomic E-state index is 0.169. The number of aromatic amines is 1. The summed E-state index contributed by atoms with van der Waals surface area (Å²) in [4.78, 5) is 20.0. The van der Waals surface area contributed by atoms with E-state index in [0.29, 0.717) is 18.4 Å². The highest BCUT2D eigenvalue weighted by atomic mass is 19.1. The van der Waals surface area contributed by atoms with E-state index in [1.54, 1.807) is 12.3 Å². The average Bonchev–Trinajstić information content (AvgIpc) is 3.30. The van der Waals surface area contributed by atoms with Gasteiger partial charge in [0.05, 0.1) is 12.3 Å². The number of hydrogen-bond donors (Lipinski definition) is 2. The Balaban J connectivity index is 1.32. The number of alkyl carbamates (subject to hydrolysis) is 1. The Kier molecular flexibility index (Phi) is 6.48. The van der Waals surface area contributed by atoms with Gasteiger partial charge >= 0.3 is 6.09 Å². The number of pyridine rings is 1. The van der Waals surface area contributed by atoms with Crippen LogP contribution in [0.1, 0.15) is 49.1 Å². The van der Waals surface area contributed by atoms with Crippen LogP contribution in [0.3, 0.4) is 0 Å². The Morgan fingerprint density at radius 1 is 1.24 bits per heavy atom. The summed E-state index contributed by atoms with van der Waals surface area (Å²) in [6.07, 6.45) is 11.9. The molecule has 0 radical (unpaired) electrons. The SMILES string of the molecule is CCOC(=O)N[C@@H]1CC[C@@H]2[C@H](Cc3cc[nH]c3[C@H]2C=Cc2ccc(-c3cccc(F)c3)cn2)C1. The lowest BCUT2D eigenvalue weighted by Crippen LogP contribution is -2.44. The number of amides is 1. The molecule has 1 amide bonds. The number of carbonyl (C=O) groups excluding carboxylic acids is 1. The number of ether oxygens (including phenoxy) is 1. The predicted molar refractivity (Wildman–Crippen MR) is 131 cm³/mol. The zero-order valence-electron chi connectivity index (χ0n) is 19.3. The van der Waals surface area contributed by atoms with Gasteiger partial charge in [-0.25, -0.2) is 9.18 Å². The number of rotatable bonds is 5. The number of aromatic nitrogens is 2. The highest BCUT2D eigenvalue weighted by Crippen LogP contribution is 2.47. The van der Waals surface area contributed by atoms with Gasteiger partial charge in [0.25, 0.3) is 0 Å². The van der Waals surface area contributed by atoms with Crippen LogP contribution >= 0.6 is 0 Å². The molecule has 2 aliphatic rings. The van der Waals surface area contributed by atoms with Crippen LogP contribution in [0, 0.1) is 17.7 Å². The van der Waals surface area contributed by atoms with Gasteiger partial charge in [0, 0.05) is 35.6 Å². The molecule has 0 aliphatic heterocycles. The molecule has 1 saturated carbocycles. The van der Waals surface area contributed by atoms with Crippen LogP contribution in [-0.4, -0.2) is 28.7 Å². The molecule has 176 valence electrons. The van der Waals surface area contributed by atoms with E-state index in [4.69, 9.17) is 4.74 Å². The Bertz CT molecular complexity index is 1170. The third-order valence-electron chi connectivity index (χ3n) is 7.20. The Morgan fingerprint density at radius 3 is 2.94 bits per heavy atom. The van der Waals surface area contributed by atoms with Crippen molar-refractivity contribution in [2.75, 3.05) is 6.61 Å². The van der Waals surface area contributed by atoms with E-state index in [9.17, 15) is 9.18 Å². The fourth-order valence-electron chi connectivity index (χ4n) is 5.65. The Morgan fingerprint density at radius 2 is 2.15 bits per heavy atom. The molecule has 0 unspecified atom stereocenters. The molecule has 2 N–H and O–H groups in total. The smallest absolute Gasteiger partial charge is 0.407 e. The maximum absolute atomic E-state index is 13.5. The molecular formula is C28H30FN3O2. The summed E-state index contributed by atoms with van der Waals surface area (Å²) < 4.78 is 18.6. The monoisotopic (exact) mass is 459 g/mol. The molecule has 1 fully saturated rings. The summed E-state index contributed by atoms with van der Waals surface area (Å²) in [5.41, 5.74) is 5.26. The number of allylic oxidation sites excluding steroid dienone is 1. The van der Waals surface area contributed by atoms with E-state index in [0.717, 1.165) is 42.5 Å². The second-order valence-corrected chi connectivity index (χ2v) is 9.29. The van der Waals surface area contributed by atoms with Gasteiger partial charge in [-0.2, -0.15) is 0 Å². The van der Waals surface area contributed by atoms with Crippen LogP contribution in [-0.2, 0) is 11.2 Å². The van der Waals surface area contributed by atoms with E-state index < -0.39 is 0 Å². The van der Waals surface area contributed by atoms with Gasteiger partial charge in [0.15, 0.2) is 0 Å². The van der Waals surface area contributed by atoms with Gasteiger partial charge in [-0.3, -0.25) is 4.98 Å². The largest absolute Gasteiger partial charge is 0.450 e. The number of halogens is 1. The van der Waals surface area contributed by atoms with Gasteiger partial charge < -0.3 is 15.0 Å². The standard InChI is InChI=1S/C28H30FN3O2/c1-2-34-28(33)32-24-9-10-25-21(16-24)14-19-12-13-30-27(19)26(25)11-8-23-7-6-20(17-31-23)18-4-3-5-22(29)15-18/h3-8,11-13,15,17,21,24-26,30H,2,9-10,14,16H2,1H3,(H,32,33)/t21-,24-,25-,26+/m1/s1. The van der Waals surface area contributed by atoms with Gasteiger partial charge in [0.1, 0.15) is 5.82 Å². The molecular weight excluding hydrogens is 429 g/mol. The fourth-order valence-corrected chi connectivity index (χ4v) is 5.65. The molecule has 2 aromatic heterocycles. The Hall–Kier alpha value is -3.41. The van der Waals surface area contributed by atoms with Crippen LogP contribution in [0.5, 0.6) is 0 Å². The number of nitrogens with one attached hydrogen (secondary N) is 2. The van der Waals surface area contributed by atoms with Gasteiger partial charge in [-0.1, -0.05) is 24.3 Å². The average molecular weight is 460 g/mol. The maximum atomic E-state index is 13.5. The van der Waals surface area contributed by atoms with E-state index in [1.165, 1.54) is 23.4 Å². The minimum atomic E-state index is -0.312. The Labute approximate surface area is 199 Å². The summed E-state index contributed by atoms with van der Waals surface area (Å²) in [7, 11) is 0. The lowest BCUT2D eigenvalue weighted by atomic mass is 9.64. The summed E-state index contributed by atoms with van der Waals surface area (Å²) in [5.74, 6) is 1.08. The second kappa shape index (κ2) is 9.84. The number of carbonyl (C=O) groups is 1. The predicted octanol–water partition coefficient (Wildman–Crippen LogP) is 6.10. The number of hydrogen-bond acceptors (Lipinski definition) is 3. The molecule has 34 heavy (non-hydrogen) atoms. The first-order valence-electron chi connectivity index (χ1n) is 12.1. The van der Waals surface area contributed by atoms with Crippen molar-refractivity contribution in [1.82, 2.24) is 15.3 Å². The molecule has 0 saturated heterocycles. The van der Waals surface area contributed by atoms with Gasteiger partial charge in [-0.05, 0) is 85.9 Å². The van der Waals surface area contributed by atoms with Gasteiger partial charge in [0.2, 0.25) is 0 Å². The van der Waals surface area contributed by atoms with E-state index in [1.807, 2.05) is 31.3 Å². The molecule has 0 spiro atoms. The second-order valence-electron chi connectivity index (χ2n) is 9.29. The fraction of sp³-hybridized carbons (Fsp3) is 0.357. The molecule has 0 bridgehead atoms. The summed E-state index contributed by atoms with van der Waals surface area (Å²) in [6, 6.07) is 12.9. The molecule has 2 heterocycles. The zero-order valence-corrected chi connectivity index (χ0v) is 19.3. The zero-order chi connectivity index (χ0) is 23.5. The van der Waals surface area contributed by atoms with Crippen molar-refractivity contribution in [3.8, 4) is 11.1 Å². The van der Waals surface area contributed by atoms with Gasteiger partial charge in [-0.15, -0.1) is 0 Å². The quantitative estimate of drug-likeness (QED) is 0.484. The van der Waals surface area contributed by atoms with E-state index in [2.05, 4.69) is 33.5 Å². The molecule has 5 nitrogen and oxygen atoms in total. The molecule has 5 rings (SSSR count). The van der Waals surface area contributed by atoms with Crippen molar-refractivity contribution in [2.45, 2.75) is 44.6 Å². The first-order chi connectivity index (χ1) is 16.6. The van der Waals surface area contributed by atoms with Crippen LogP contribution < -0.4 is 5.32 Å². The number of nitrogens with zero attached hydrogens (tertiary/aromatic N) is 1. The first kappa shape index (κ1) is 22.4. The van der Waals surface area contributed by atoms with Crippen LogP contribution in [0.4, 0.5) is 9.18 Å². The van der Waals surface area contributed by atoms with Crippen molar-refractivity contribution in [2.24, 2.45) is 11.8 Å². The first-order valence-corrected chi connectivity index (χ1v) is 12.1. The summed E-state index contributed by atoms with van der Waals surface area (Å²) in [6.45, 7) is 2.22. The van der Waals surface area contributed by atoms with E-state index in [-0.39, 0.29) is 23.9 Å². The van der Waals surface area contributed by atoms with Crippen LogP contribution in [0.25, 0.3) is 17.2 Å². The normalized spacial score (nSPS) is 23.8. The lowest BCUT2D eigenvalue weighted by Gasteiger charge is -2.43. The number of fused-ring (bicyclic) bond motifs is 2. The third kappa shape index (κ3) is 4.76. The van der Waals surface area contributed by atoms with Crippen molar-refractivity contribution >= 4 is 12.2 Å².